The number of rotatable bonds is 6. The maximum Gasteiger partial charge on any atom is 0.185 e. The number of hydrogen-bond donors (Lipinski definition) is 1. The lowest BCUT2D eigenvalue weighted by Crippen LogP contribution is -2.32. The van der Waals surface area contributed by atoms with Crippen LogP contribution in [0.15, 0.2) is 5.38 Å². The first kappa shape index (κ1) is 13.8. The first-order chi connectivity index (χ1) is 8.79. The van der Waals surface area contributed by atoms with Crippen molar-refractivity contribution >= 4 is 16.5 Å². The van der Waals surface area contributed by atoms with Gasteiger partial charge < -0.3 is 10.2 Å². The smallest absolute Gasteiger partial charge is 0.185 e. The number of thiazole rings is 1. The van der Waals surface area contributed by atoms with E-state index in [-0.39, 0.29) is 0 Å². The molecule has 1 N–H and O–H groups in total. The summed E-state index contributed by atoms with van der Waals surface area (Å²) < 4.78 is 0. The zero-order valence-corrected chi connectivity index (χ0v) is 12.4. The fourth-order valence-corrected chi connectivity index (χ4v) is 3.12. The molecule has 0 spiro atoms. The Labute approximate surface area is 115 Å². The molecule has 0 aliphatic carbocycles. The minimum Gasteiger partial charge on any atom is -0.348 e. The summed E-state index contributed by atoms with van der Waals surface area (Å²) in [5.74, 6) is 0.886. The van der Waals surface area contributed by atoms with Gasteiger partial charge in [0.25, 0.3) is 0 Å². The molecular weight excluding hydrogens is 242 g/mol. The highest BCUT2D eigenvalue weighted by molar-refractivity contribution is 7.13. The fourth-order valence-electron chi connectivity index (χ4n) is 2.24. The minimum atomic E-state index is 0.886. The predicted molar refractivity (Wildman–Crippen MR) is 79.3 cm³/mol. The molecule has 1 aliphatic rings. The van der Waals surface area contributed by atoms with Crippen molar-refractivity contribution in [3.05, 3.63) is 11.1 Å². The van der Waals surface area contributed by atoms with Gasteiger partial charge in [0.1, 0.15) is 0 Å². The first-order valence-corrected chi connectivity index (χ1v) is 8.07. The van der Waals surface area contributed by atoms with Crippen LogP contribution < -0.4 is 10.2 Å². The van der Waals surface area contributed by atoms with E-state index in [9.17, 15) is 0 Å². The van der Waals surface area contributed by atoms with Gasteiger partial charge in [0.15, 0.2) is 5.13 Å². The van der Waals surface area contributed by atoms with Crippen LogP contribution in [0, 0.1) is 5.92 Å². The third-order valence-corrected chi connectivity index (χ3v) is 4.56. The van der Waals surface area contributed by atoms with Crippen molar-refractivity contribution in [2.24, 2.45) is 5.92 Å². The minimum absolute atomic E-state index is 0.886. The van der Waals surface area contributed by atoms with Gasteiger partial charge in [-0.05, 0) is 31.7 Å². The van der Waals surface area contributed by atoms with Gasteiger partial charge in [-0.2, -0.15) is 0 Å². The molecule has 0 radical (unpaired) electrons. The van der Waals surface area contributed by atoms with E-state index < -0.39 is 0 Å². The molecule has 4 heteroatoms. The topological polar surface area (TPSA) is 28.2 Å². The lowest BCUT2D eigenvalue weighted by atomic mass is 10.00. The van der Waals surface area contributed by atoms with Crippen molar-refractivity contribution < 1.29 is 0 Å². The summed E-state index contributed by atoms with van der Waals surface area (Å²) in [6, 6.07) is 0. The Morgan fingerprint density at radius 3 is 2.94 bits per heavy atom. The summed E-state index contributed by atoms with van der Waals surface area (Å²) in [6.07, 6.45) is 5.12. The summed E-state index contributed by atoms with van der Waals surface area (Å²) >= 11 is 1.80. The molecule has 0 amide bonds. The van der Waals surface area contributed by atoms with Gasteiger partial charge in [-0.1, -0.05) is 20.3 Å². The number of piperidine rings is 1. The van der Waals surface area contributed by atoms with Crippen LogP contribution in [0.2, 0.25) is 0 Å². The average Bonchev–Trinajstić information content (AvgIpc) is 2.84. The van der Waals surface area contributed by atoms with Crippen molar-refractivity contribution in [1.82, 2.24) is 10.3 Å². The van der Waals surface area contributed by atoms with Gasteiger partial charge in [0.05, 0.1) is 5.69 Å². The lowest BCUT2D eigenvalue weighted by molar-refractivity contribution is 0.438. The van der Waals surface area contributed by atoms with Gasteiger partial charge >= 0.3 is 0 Å². The van der Waals surface area contributed by atoms with Crippen molar-refractivity contribution in [1.29, 1.82) is 0 Å². The summed E-state index contributed by atoms with van der Waals surface area (Å²) in [7, 11) is 0. The molecule has 2 rings (SSSR count). The van der Waals surface area contributed by atoms with Crippen LogP contribution in [0.25, 0.3) is 0 Å². The van der Waals surface area contributed by atoms with E-state index in [1.54, 1.807) is 11.3 Å². The van der Waals surface area contributed by atoms with E-state index in [1.165, 1.54) is 49.6 Å². The summed E-state index contributed by atoms with van der Waals surface area (Å²) in [5, 5.41) is 6.87. The zero-order chi connectivity index (χ0) is 12.8. The molecule has 18 heavy (non-hydrogen) atoms. The Hall–Kier alpha value is -0.610. The third kappa shape index (κ3) is 3.95. The van der Waals surface area contributed by atoms with Gasteiger partial charge in [0.2, 0.25) is 0 Å². The number of anilines is 1. The number of hydrogen-bond acceptors (Lipinski definition) is 4. The summed E-state index contributed by atoms with van der Waals surface area (Å²) in [4.78, 5) is 7.18. The standard InChI is InChI=1S/C14H25N3S/c1-3-4-7-15-10-13-11-18-14(16-13)17-8-5-12(2)6-9-17/h11-12,15H,3-10H2,1-2H3. The van der Waals surface area contributed by atoms with Crippen molar-refractivity contribution in [3.8, 4) is 0 Å². The Balaban J connectivity index is 1.78. The monoisotopic (exact) mass is 267 g/mol. The Morgan fingerprint density at radius 2 is 2.22 bits per heavy atom. The Bertz CT molecular complexity index is 343. The van der Waals surface area contributed by atoms with Gasteiger partial charge in [-0.15, -0.1) is 11.3 Å². The predicted octanol–water partition coefficient (Wildman–Crippen LogP) is 3.27. The lowest BCUT2D eigenvalue weighted by Gasteiger charge is -2.29. The maximum absolute atomic E-state index is 4.74. The van der Waals surface area contributed by atoms with Crippen LogP contribution >= 0.6 is 11.3 Å². The van der Waals surface area contributed by atoms with Crippen molar-refractivity contribution in [3.63, 3.8) is 0 Å². The van der Waals surface area contributed by atoms with E-state index in [0.717, 1.165) is 19.0 Å². The fraction of sp³-hybridized carbons (Fsp3) is 0.786. The molecule has 1 saturated heterocycles. The normalized spacial score (nSPS) is 17.3. The van der Waals surface area contributed by atoms with Gasteiger partial charge in [-0.25, -0.2) is 4.98 Å². The number of nitrogens with zero attached hydrogens (tertiary/aromatic N) is 2. The van der Waals surface area contributed by atoms with Crippen LogP contribution in [-0.4, -0.2) is 24.6 Å². The maximum atomic E-state index is 4.74. The molecule has 0 aromatic carbocycles. The molecule has 2 heterocycles. The molecule has 1 aromatic heterocycles. The largest absolute Gasteiger partial charge is 0.348 e. The average molecular weight is 267 g/mol. The van der Waals surface area contributed by atoms with E-state index in [4.69, 9.17) is 4.98 Å². The van der Waals surface area contributed by atoms with Crippen LogP contribution in [0.5, 0.6) is 0 Å². The zero-order valence-electron chi connectivity index (χ0n) is 11.6. The second-order valence-electron chi connectivity index (χ2n) is 5.32. The SMILES string of the molecule is CCCCNCc1csc(N2CCC(C)CC2)n1. The summed E-state index contributed by atoms with van der Waals surface area (Å²) in [5.41, 5.74) is 1.20. The van der Waals surface area contributed by atoms with E-state index >= 15 is 0 Å². The van der Waals surface area contributed by atoms with Crippen molar-refractivity contribution in [2.45, 2.75) is 46.1 Å². The Morgan fingerprint density at radius 1 is 1.44 bits per heavy atom. The van der Waals surface area contributed by atoms with E-state index in [2.05, 4.69) is 29.4 Å². The highest BCUT2D eigenvalue weighted by Crippen LogP contribution is 2.25. The number of unbranched alkanes of at least 4 members (excludes halogenated alkanes) is 1. The molecule has 1 aliphatic heterocycles. The van der Waals surface area contributed by atoms with Crippen molar-refractivity contribution in [2.75, 3.05) is 24.5 Å². The number of nitrogens with one attached hydrogen (secondary N) is 1. The molecule has 0 bridgehead atoms. The molecule has 102 valence electrons. The molecule has 0 atom stereocenters. The number of aromatic nitrogens is 1. The second kappa shape index (κ2) is 7.10. The molecule has 3 nitrogen and oxygen atoms in total. The van der Waals surface area contributed by atoms with Crippen LogP contribution in [-0.2, 0) is 6.54 Å². The second-order valence-corrected chi connectivity index (χ2v) is 6.16. The van der Waals surface area contributed by atoms with Gasteiger partial charge in [-0.3, -0.25) is 0 Å². The first-order valence-electron chi connectivity index (χ1n) is 7.19. The highest BCUT2D eigenvalue weighted by Gasteiger charge is 2.18. The Kier molecular flexibility index (Phi) is 5.45. The molecule has 0 saturated carbocycles. The molecule has 0 unspecified atom stereocenters. The quantitative estimate of drug-likeness (QED) is 0.802. The molecular formula is C14H25N3S. The van der Waals surface area contributed by atoms with Crippen LogP contribution in [0.1, 0.15) is 45.2 Å². The third-order valence-electron chi connectivity index (χ3n) is 3.61. The van der Waals surface area contributed by atoms with E-state index in [0.29, 0.717) is 0 Å². The molecule has 1 aromatic rings. The highest BCUT2D eigenvalue weighted by atomic mass is 32.1. The van der Waals surface area contributed by atoms with Gasteiger partial charge in [0, 0.05) is 25.0 Å². The van der Waals surface area contributed by atoms with E-state index in [1.807, 2.05) is 0 Å². The molecule has 1 fully saturated rings. The van der Waals surface area contributed by atoms with Crippen LogP contribution in [0.3, 0.4) is 0 Å². The van der Waals surface area contributed by atoms with Crippen LogP contribution in [0.4, 0.5) is 5.13 Å². The summed E-state index contributed by atoms with van der Waals surface area (Å²) in [6.45, 7) is 8.95.